The van der Waals surface area contributed by atoms with Gasteiger partial charge in [0.05, 0.1) is 0 Å². The highest BCUT2D eigenvalue weighted by Crippen LogP contribution is 2.35. The van der Waals surface area contributed by atoms with Crippen molar-refractivity contribution in [2.75, 3.05) is 0 Å². The predicted molar refractivity (Wildman–Crippen MR) is 77.1 cm³/mol. The van der Waals surface area contributed by atoms with Gasteiger partial charge in [-0.05, 0) is 44.7 Å². The van der Waals surface area contributed by atoms with Crippen LogP contribution in [-0.4, -0.2) is 9.97 Å². The van der Waals surface area contributed by atoms with Crippen molar-refractivity contribution in [3.63, 3.8) is 0 Å². The predicted octanol–water partition coefficient (Wildman–Crippen LogP) is 4.26. The fourth-order valence-corrected chi connectivity index (χ4v) is 3.48. The Morgan fingerprint density at radius 3 is 2.95 bits per heavy atom. The summed E-state index contributed by atoms with van der Waals surface area (Å²) in [4.78, 5) is 8.86. The van der Waals surface area contributed by atoms with Crippen LogP contribution in [0.4, 0.5) is 0 Å². The van der Waals surface area contributed by atoms with E-state index in [2.05, 4.69) is 22.3 Å². The van der Waals surface area contributed by atoms with E-state index in [0.29, 0.717) is 11.0 Å². The average Bonchev–Trinajstić information content (AvgIpc) is 2.66. The molecule has 0 bridgehead atoms. The Kier molecular flexibility index (Phi) is 3.46. The molecule has 0 radical (unpaired) electrons. The highest BCUT2D eigenvalue weighted by Gasteiger charge is 2.24. The number of hydrogen-bond donors (Lipinski definition) is 0. The topological polar surface area (TPSA) is 35.0 Å². The lowest BCUT2D eigenvalue weighted by Gasteiger charge is -2.15. The van der Waals surface area contributed by atoms with E-state index in [1.165, 1.54) is 5.56 Å². The number of ether oxygens (including phenoxy) is 1. The third kappa shape index (κ3) is 2.60. The van der Waals surface area contributed by atoms with Crippen LogP contribution in [0.1, 0.15) is 40.8 Å². The Morgan fingerprint density at radius 2 is 2.21 bits per heavy atom. The highest BCUT2D eigenvalue weighted by molar-refractivity contribution is 7.09. The summed E-state index contributed by atoms with van der Waals surface area (Å²) in [5.74, 6) is 0.681. The van der Waals surface area contributed by atoms with Gasteiger partial charge in [-0.3, -0.25) is 0 Å². The lowest BCUT2D eigenvalue weighted by atomic mass is 10.0. The van der Waals surface area contributed by atoms with Gasteiger partial charge in [0.25, 0.3) is 0 Å². The van der Waals surface area contributed by atoms with Crippen LogP contribution in [0.5, 0.6) is 5.88 Å². The van der Waals surface area contributed by atoms with Crippen molar-refractivity contribution < 1.29 is 4.74 Å². The number of thiazole rings is 1. The zero-order valence-electron chi connectivity index (χ0n) is 10.9. The molecule has 2 aromatic heterocycles. The van der Waals surface area contributed by atoms with Crippen LogP contribution >= 0.6 is 22.9 Å². The van der Waals surface area contributed by atoms with Crippen molar-refractivity contribution in [1.82, 2.24) is 9.97 Å². The second-order valence-corrected chi connectivity index (χ2v) is 6.15. The van der Waals surface area contributed by atoms with Gasteiger partial charge in [-0.2, -0.15) is 0 Å². The Balaban J connectivity index is 1.96. The maximum atomic E-state index is 6.07. The van der Waals surface area contributed by atoms with Gasteiger partial charge in [-0.15, -0.1) is 11.3 Å². The molecule has 5 heteroatoms. The number of aryl methyl sites for hydroxylation is 2. The number of pyridine rings is 1. The van der Waals surface area contributed by atoms with Crippen LogP contribution in [0.3, 0.4) is 0 Å². The van der Waals surface area contributed by atoms with E-state index in [1.807, 2.05) is 13.0 Å². The Morgan fingerprint density at radius 1 is 1.37 bits per heavy atom. The standard InChI is InChI=1S/C14H15ClN2OS/c1-8-6-12(15)17-13-10(8)4-3-5-11(18-13)14-16-9(2)7-19-14/h6-7,11H,3-5H2,1-2H3. The second kappa shape index (κ2) is 5.10. The van der Waals surface area contributed by atoms with Crippen LogP contribution in [0.15, 0.2) is 11.4 Å². The van der Waals surface area contributed by atoms with E-state index >= 15 is 0 Å². The molecule has 1 aliphatic rings. The first-order valence-electron chi connectivity index (χ1n) is 6.38. The number of halogens is 1. The fraction of sp³-hybridized carbons (Fsp3) is 0.429. The first-order valence-corrected chi connectivity index (χ1v) is 7.64. The summed E-state index contributed by atoms with van der Waals surface area (Å²) in [6, 6.07) is 1.90. The lowest BCUT2D eigenvalue weighted by Crippen LogP contribution is -2.07. The van der Waals surface area contributed by atoms with Gasteiger partial charge in [0.1, 0.15) is 10.2 Å². The highest BCUT2D eigenvalue weighted by atomic mass is 35.5. The largest absolute Gasteiger partial charge is 0.467 e. The molecular weight excluding hydrogens is 280 g/mol. The van der Waals surface area contributed by atoms with E-state index in [9.17, 15) is 0 Å². The molecule has 0 saturated carbocycles. The molecule has 0 saturated heterocycles. The van der Waals surface area contributed by atoms with E-state index in [-0.39, 0.29) is 6.10 Å². The van der Waals surface area contributed by atoms with Gasteiger partial charge in [0.15, 0.2) is 6.10 Å². The molecule has 19 heavy (non-hydrogen) atoms. The minimum absolute atomic E-state index is 0.00492. The van der Waals surface area contributed by atoms with Gasteiger partial charge in [0, 0.05) is 16.6 Å². The molecule has 0 spiro atoms. The molecule has 1 aliphatic heterocycles. The van der Waals surface area contributed by atoms with Gasteiger partial charge in [-0.25, -0.2) is 9.97 Å². The molecule has 3 nitrogen and oxygen atoms in total. The maximum Gasteiger partial charge on any atom is 0.218 e. The third-order valence-electron chi connectivity index (χ3n) is 3.34. The molecule has 0 amide bonds. The van der Waals surface area contributed by atoms with Crippen LogP contribution in [0.2, 0.25) is 5.15 Å². The first kappa shape index (κ1) is 12.9. The van der Waals surface area contributed by atoms with Crippen LogP contribution in [0, 0.1) is 13.8 Å². The summed E-state index contributed by atoms with van der Waals surface area (Å²) in [6.07, 6.45) is 3.05. The quantitative estimate of drug-likeness (QED) is 0.737. The fourth-order valence-electron chi connectivity index (χ4n) is 2.38. The number of aromatic nitrogens is 2. The summed E-state index contributed by atoms with van der Waals surface area (Å²) < 4.78 is 6.07. The molecule has 3 rings (SSSR count). The zero-order valence-corrected chi connectivity index (χ0v) is 12.5. The molecule has 0 fully saturated rings. The van der Waals surface area contributed by atoms with Crippen LogP contribution < -0.4 is 4.74 Å². The molecule has 1 unspecified atom stereocenters. The van der Waals surface area contributed by atoms with Gasteiger partial charge < -0.3 is 4.74 Å². The van der Waals surface area contributed by atoms with E-state index in [4.69, 9.17) is 16.3 Å². The Hall–Kier alpha value is -1.13. The van der Waals surface area contributed by atoms with Crippen molar-refractivity contribution in [3.05, 3.63) is 38.4 Å². The third-order valence-corrected chi connectivity index (χ3v) is 4.59. The van der Waals surface area contributed by atoms with Crippen molar-refractivity contribution in [2.45, 2.75) is 39.2 Å². The van der Waals surface area contributed by atoms with Crippen LogP contribution in [0.25, 0.3) is 0 Å². The van der Waals surface area contributed by atoms with E-state index in [0.717, 1.165) is 35.5 Å². The van der Waals surface area contributed by atoms with Crippen molar-refractivity contribution in [1.29, 1.82) is 0 Å². The molecule has 0 aliphatic carbocycles. The molecule has 1 atom stereocenters. The van der Waals surface area contributed by atoms with Gasteiger partial charge in [-0.1, -0.05) is 11.6 Å². The normalized spacial score (nSPS) is 18.6. The van der Waals surface area contributed by atoms with E-state index < -0.39 is 0 Å². The number of hydrogen-bond acceptors (Lipinski definition) is 4. The molecule has 100 valence electrons. The monoisotopic (exact) mass is 294 g/mol. The van der Waals surface area contributed by atoms with Gasteiger partial charge >= 0.3 is 0 Å². The molecule has 0 N–H and O–H groups in total. The number of rotatable bonds is 1. The minimum Gasteiger partial charge on any atom is -0.467 e. The van der Waals surface area contributed by atoms with E-state index in [1.54, 1.807) is 11.3 Å². The van der Waals surface area contributed by atoms with Crippen molar-refractivity contribution in [3.8, 4) is 5.88 Å². The minimum atomic E-state index is 0.00492. The smallest absolute Gasteiger partial charge is 0.218 e. The van der Waals surface area contributed by atoms with Crippen molar-refractivity contribution in [2.24, 2.45) is 0 Å². The number of nitrogens with zero attached hydrogens (tertiary/aromatic N) is 2. The summed E-state index contributed by atoms with van der Waals surface area (Å²) in [7, 11) is 0. The summed E-state index contributed by atoms with van der Waals surface area (Å²) in [5, 5.41) is 3.58. The summed E-state index contributed by atoms with van der Waals surface area (Å²) >= 11 is 7.68. The lowest BCUT2D eigenvalue weighted by molar-refractivity contribution is 0.191. The van der Waals surface area contributed by atoms with Crippen LogP contribution in [-0.2, 0) is 6.42 Å². The average molecular weight is 295 g/mol. The Bertz CT molecular complexity index is 611. The zero-order chi connectivity index (χ0) is 13.4. The molecular formula is C14H15ClN2OS. The SMILES string of the molecule is Cc1csc(C2CCCc3c(C)cc(Cl)nc3O2)n1. The number of fused-ring (bicyclic) bond motifs is 1. The molecule has 0 aromatic carbocycles. The van der Waals surface area contributed by atoms with Crippen molar-refractivity contribution >= 4 is 22.9 Å². The molecule has 3 heterocycles. The Labute approximate surface area is 121 Å². The summed E-state index contributed by atoms with van der Waals surface area (Å²) in [5.41, 5.74) is 3.38. The van der Waals surface area contributed by atoms with Gasteiger partial charge in [0.2, 0.25) is 5.88 Å². The second-order valence-electron chi connectivity index (χ2n) is 4.87. The molecule has 2 aromatic rings. The first-order chi connectivity index (χ1) is 9.13. The maximum absolute atomic E-state index is 6.07. The summed E-state index contributed by atoms with van der Waals surface area (Å²) in [6.45, 7) is 4.06.